The number of hydrogen-bond acceptors (Lipinski definition) is 4. The monoisotopic (exact) mass is 430 g/mol. The maximum absolute atomic E-state index is 13.2. The van der Waals surface area contributed by atoms with E-state index in [1.807, 2.05) is 42.5 Å². The fraction of sp³-hybridized carbons (Fsp3) is 0.120. The van der Waals surface area contributed by atoms with Gasteiger partial charge in [-0.15, -0.1) is 0 Å². The van der Waals surface area contributed by atoms with E-state index < -0.39 is 16.1 Å². The van der Waals surface area contributed by atoms with Crippen LogP contribution in [-0.2, 0) is 10.0 Å². The van der Waals surface area contributed by atoms with E-state index in [9.17, 15) is 8.42 Å². The standard InChI is InChI=1S/C25H22N2O3S/c1-30-22-16-6-5-15-21(22)26-24-19-13-7-9-17-10-8-14-20(23(17)19)25(24)27-31(28,29)18-11-3-2-4-12-18/h2-16,24-27H,1H3. The van der Waals surface area contributed by atoms with Crippen molar-refractivity contribution >= 4 is 26.5 Å². The molecule has 1 aliphatic carbocycles. The number of nitrogens with one attached hydrogen (secondary N) is 2. The van der Waals surface area contributed by atoms with Crippen LogP contribution in [0.4, 0.5) is 5.69 Å². The molecule has 1 aliphatic rings. The molecule has 0 saturated heterocycles. The lowest BCUT2D eigenvalue weighted by Gasteiger charge is -2.26. The van der Waals surface area contributed by atoms with Gasteiger partial charge in [-0.25, -0.2) is 13.1 Å². The largest absolute Gasteiger partial charge is 0.495 e. The van der Waals surface area contributed by atoms with Crippen molar-refractivity contribution in [2.45, 2.75) is 17.0 Å². The van der Waals surface area contributed by atoms with Gasteiger partial charge < -0.3 is 10.1 Å². The van der Waals surface area contributed by atoms with Crippen LogP contribution in [0.5, 0.6) is 5.75 Å². The van der Waals surface area contributed by atoms with E-state index in [2.05, 4.69) is 28.2 Å². The van der Waals surface area contributed by atoms with Crippen LogP contribution in [0.2, 0.25) is 0 Å². The van der Waals surface area contributed by atoms with Crippen LogP contribution in [0, 0.1) is 0 Å². The van der Waals surface area contributed by atoms with Gasteiger partial charge in [0, 0.05) is 0 Å². The second-order valence-electron chi connectivity index (χ2n) is 7.53. The molecule has 0 amide bonds. The molecular weight excluding hydrogens is 408 g/mol. The Morgan fingerprint density at radius 2 is 1.39 bits per heavy atom. The van der Waals surface area contributed by atoms with Gasteiger partial charge in [0.25, 0.3) is 0 Å². The third kappa shape index (κ3) is 3.44. The minimum Gasteiger partial charge on any atom is -0.495 e. The van der Waals surface area contributed by atoms with Crippen LogP contribution in [0.25, 0.3) is 10.8 Å². The number of anilines is 1. The van der Waals surface area contributed by atoms with Crippen molar-refractivity contribution < 1.29 is 13.2 Å². The normalized spacial score (nSPS) is 17.6. The Labute approximate surface area is 181 Å². The van der Waals surface area contributed by atoms with E-state index in [4.69, 9.17) is 4.74 Å². The summed E-state index contributed by atoms with van der Waals surface area (Å²) < 4.78 is 34.9. The molecule has 0 fully saturated rings. The lowest BCUT2D eigenvalue weighted by molar-refractivity contribution is 0.415. The van der Waals surface area contributed by atoms with E-state index in [0.717, 1.165) is 27.6 Å². The summed E-state index contributed by atoms with van der Waals surface area (Å²) in [5.41, 5.74) is 2.82. The molecule has 0 saturated carbocycles. The molecule has 5 nitrogen and oxygen atoms in total. The number of benzene rings is 4. The Morgan fingerprint density at radius 3 is 2.10 bits per heavy atom. The van der Waals surface area contributed by atoms with Crippen LogP contribution in [0.3, 0.4) is 0 Å². The van der Waals surface area contributed by atoms with Crippen molar-refractivity contribution in [3.63, 3.8) is 0 Å². The van der Waals surface area contributed by atoms with E-state index >= 15 is 0 Å². The molecule has 0 aliphatic heterocycles. The van der Waals surface area contributed by atoms with E-state index in [1.54, 1.807) is 37.4 Å². The maximum atomic E-state index is 13.2. The Bertz CT molecular complexity index is 1350. The van der Waals surface area contributed by atoms with Crippen molar-refractivity contribution in [2.24, 2.45) is 0 Å². The van der Waals surface area contributed by atoms with E-state index in [-0.39, 0.29) is 10.9 Å². The highest BCUT2D eigenvalue weighted by molar-refractivity contribution is 7.89. The fourth-order valence-electron chi connectivity index (χ4n) is 4.34. The minimum atomic E-state index is -3.72. The zero-order valence-electron chi connectivity index (χ0n) is 16.9. The number of methoxy groups -OCH3 is 1. The predicted octanol–water partition coefficient (Wildman–Crippen LogP) is 5.03. The third-order valence-corrected chi connectivity index (χ3v) is 7.18. The van der Waals surface area contributed by atoms with Gasteiger partial charge in [-0.2, -0.15) is 0 Å². The van der Waals surface area contributed by atoms with Crippen LogP contribution < -0.4 is 14.8 Å². The minimum absolute atomic E-state index is 0.245. The quantitative estimate of drug-likeness (QED) is 0.450. The van der Waals surface area contributed by atoms with Gasteiger partial charge in [0.1, 0.15) is 5.75 Å². The van der Waals surface area contributed by atoms with Crippen molar-refractivity contribution in [2.75, 3.05) is 12.4 Å². The average molecular weight is 431 g/mol. The van der Waals surface area contributed by atoms with Crippen molar-refractivity contribution in [1.29, 1.82) is 0 Å². The first-order valence-corrected chi connectivity index (χ1v) is 11.6. The Balaban J connectivity index is 1.62. The molecule has 0 heterocycles. The summed E-state index contributed by atoms with van der Waals surface area (Å²) in [6.45, 7) is 0. The zero-order valence-corrected chi connectivity index (χ0v) is 17.8. The number of rotatable bonds is 6. The molecule has 4 aromatic rings. The van der Waals surface area contributed by atoms with Crippen molar-refractivity contribution in [3.05, 3.63) is 102 Å². The Hall–Kier alpha value is -3.35. The van der Waals surface area contributed by atoms with Gasteiger partial charge in [0.15, 0.2) is 0 Å². The summed E-state index contributed by atoms with van der Waals surface area (Å²) in [7, 11) is -2.10. The van der Waals surface area contributed by atoms with Crippen molar-refractivity contribution in [3.8, 4) is 5.75 Å². The first-order valence-electron chi connectivity index (χ1n) is 10.1. The summed E-state index contributed by atoms with van der Waals surface area (Å²) in [6.07, 6.45) is 0. The lowest BCUT2D eigenvalue weighted by Crippen LogP contribution is -2.33. The van der Waals surface area contributed by atoms with Gasteiger partial charge in [0.2, 0.25) is 10.0 Å². The molecule has 2 atom stereocenters. The summed E-state index contributed by atoms with van der Waals surface area (Å²) in [5.74, 6) is 0.704. The van der Waals surface area contributed by atoms with Gasteiger partial charge in [-0.05, 0) is 46.2 Å². The third-order valence-electron chi connectivity index (χ3n) is 5.73. The summed E-state index contributed by atoms with van der Waals surface area (Å²) >= 11 is 0. The maximum Gasteiger partial charge on any atom is 0.241 e. The molecule has 156 valence electrons. The molecule has 0 aromatic heterocycles. The SMILES string of the molecule is COc1ccccc1NC1c2cccc3cccc(c23)C1NS(=O)(=O)c1ccccc1. The molecule has 0 spiro atoms. The molecule has 5 rings (SSSR count). The van der Waals surface area contributed by atoms with Crippen LogP contribution in [-0.4, -0.2) is 15.5 Å². The van der Waals surface area contributed by atoms with Crippen LogP contribution in [0.1, 0.15) is 23.2 Å². The molecule has 0 radical (unpaired) electrons. The molecule has 6 heteroatoms. The Morgan fingerprint density at radius 1 is 0.742 bits per heavy atom. The van der Waals surface area contributed by atoms with Gasteiger partial charge in [-0.3, -0.25) is 0 Å². The number of sulfonamides is 1. The first kappa shape index (κ1) is 19.6. The summed E-state index contributed by atoms with van der Waals surface area (Å²) in [4.78, 5) is 0.245. The van der Waals surface area contributed by atoms with E-state index in [1.165, 1.54) is 0 Å². The molecular formula is C25H22N2O3S. The molecule has 2 unspecified atom stereocenters. The van der Waals surface area contributed by atoms with Gasteiger partial charge >= 0.3 is 0 Å². The number of para-hydroxylation sites is 2. The molecule has 2 N–H and O–H groups in total. The number of hydrogen-bond donors (Lipinski definition) is 2. The lowest BCUT2D eigenvalue weighted by atomic mass is 10.0. The number of ether oxygens (including phenoxy) is 1. The highest BCUT2D eigenvalue weighted by Gasteiger charge is 2.37. The smallest absolute Gasteiger partial charge is 0.241 e. The zero-order chi connectivity index (χ0) is 21.4. The van der Waals surface area contributed by atoms with Gasteiger partial charge in [-0.1, -0.05) is 66.7 Å². The van der Waals surface area contributed by atoms with Crippen LogP contribution >= 0.6 is 0 Å². The fourth-order valence-corrected chi connectivity index (χ4v) is 5.58. The summed E-state index contributed by atoms with van der Waals surface area (Å²) in [6, 6.07) is 27.5. The average Bonchev–Trinajstić information content (AvgIpc) is 3.09. The van der Waals surface area contributed by atoms with Crippen molar-refractivity contribution in [1.82, 2.24) is 4.72 Å². The highest BCUT2D eigenvalue weighted by Crippen LogP contribution is 2.47. The molecule has 31 heavy (non-hydrogen) atoms. The van der Waals surface area contributed by atoms with Crippen LogP contribution in [0.15, 0.2) is 95.9 Å². The molecule has 4 aromatic carbocycles. The first-order chi connectivity index (χ1) is 15.1. The Kier molecular flexibility index (Phi) is 4.88. The highest BCUT2D eigenvalue weighted by atomic mass is 32.2. The summed E-state index contributed by atoms with van der Waals surface area (Å²) in [5, 5.41) is 5.71. The molecule has 0 bridgehead atoms. The predicted molar refractivity (Wildman–Crippen MR) is 123 cm³/mol. The van der Waals surface area contributed by atoms with E-state index in [0.29, 0.717) is 5.75 Å². The second-order valence-corrected chi connectivity index (χ2v) is 9.24. The van der Waals surface area contributed by atoms with Gasteiger partial charge in [0.05, 0.1) is 29.8 Å². The second kappa shape index (κ2) is 7.72. The topological polar surface area (TPSA) is 67.4 Å².